The van der Waals surface area contributed by atoms with Gasteiger partial charge >= 0.3 is 0 Å². The molecule has 27 heavy (non-hydrogen) atoms. The van der Waals surface area contributed by atoms with Crippen molar-refractivity contribution in [2.75, 3.05) is 27.0 Å². The summed E-state index contributed by atoms with van der Waals surface area (Å²) in [6.45, 7) is 2.52. The Morgan fingerprint density at radius 2 is 2.00 bits per heavy atom. The zero-order valence-electron chi connectivity index (χ0n) is 15.2. The quantitative estimate of drug-likeness (QED) is 0.562. The maximum atomic E-state index is 5.56. The van der Waals surface area contributed by atoms with E-state index >= 15 is 0 Å². The van der Waals surface area contributed by atoms with E-state index in [2.05, 4.69) is 49.8 Å². The van der Waals surface area contributed by atoms with Gasteiger partial charge < -0.3 is 24.8 Å². The lowest BCUT2D eigenvalue weighted by atomic mass is 10.1. The first kappa shape index (κ1) is 18.0. The van der Waals surface area contributed by atoms with Crippen molar-refractivity contribution in [1.29, 1.82) is 0 Å². The van der Waals surface area contributed by atoms with Crippen LogP contribution in [0.3, 0.4) is 0 Å². The molecule has 0 amide bonds. The van der Waals surface area contributed by atoms with Crippen LogP contribution < -0.4 is 24.8 Å². The van der Waals surface area contributed by atoms with Gasteiger partial charge in [-0.15, -0.1) is 0 Å². The first-order valence-corrected chi connectivity index (χ1v) is 9.79. The van der Waals surface area contributed by atoms with Gasteiger partial charge in [-0.25, -0.2) is 0 Å². The molecule has 2 aliphatic heterocycles. The average Bonchev–Trinajstić information content (AvgIpc) is 3.33. The third-order valence-electron chi connectivity index (χ3n) is 4.63. The molecule has 0 atom stereocenters. The summed E-state index contributed by atoms with van der Waals surface area (Å²) in [4.78, 5) is 4.29. The second-order valence-corrected chi connectivity index (χ2v) is 7.31. The van der Waals surface area contributed by atoms with Gasteiger partial charge in [-0.1, -0.05) is 12.1 Å². The summed E-state index contributed by atoms with van der Waals surface area (Å²) >= 11 is 3.52. The Labute approximate surface area is 167 Å². The van der Waals surface area contributed by atoms with E-state index in [1.807, 2.05) is 12.1 Å². The van der Waals surface area contributed by atoms with Crippen LogP contribution in [0.15, 0.2) is 39.8 Å². The molecule has 142 valence electrons. The van der Waals surface area contributed by atoms with E-state index in [0.29, 0.717) is 6.54 Å². The van der Waals surface area contributed by atoms with E-state index in [9.17, 15) is 0 Å². The summed E-state index contributed by atoms with van der Waals surface area (Å²) in [5.41, 5.74) is 3.71. The average molecular weight is 432 g/mol. The van der Waals surface area contributed by atoms with Crippen LogP contribution in [-0.2, 0) is 19.4 Å². The van der Waals surface area contributed by atoms with E-state index in [-0.39, 0.29) is 6.79 Å². The molecule has 2 heterocycles. The standard InChI is InChI=1S/C20H22BrN3O3/c1-22-20(23-6-4-13-2-3-17-15(8-13)5-7-25-17)24-11-14-9-16(21)19-18(10-14)26-12-27-19/h2-3,8-10H,4-7,11-12H2,1H3,(H2,22,23,24). The number of halogens is 1. The Bertz CT molecular complexity index is 870. The summed E-state index contributed by atoms with van der Waals surface area (Å²) in [6, 6.07) is 10.5. The number of hydrogen-bond acceptors (Lipinski definition) is 4. The fourth-order valence-electron chi connectivity index (χ4n) is 3.25. The number of fused-ring (bicyclic) bond motifs is 2. The summed E-state index contributed by atoms with van der Waals surface area (Å²) in [5.74, 6) is 3.33. The van der Waals surface area contributed by atoms with Crippen LogP contribution in [0.1, 0.15) is 16.7 Å². The molecule has 0 fully saturated rings. The van der Waals surface area contributed by atoms with Crippen LogP contribution >= 0.6 is 15.9 Å². The Morgan fingerprint density at radius 3 is 2.89 bits per heavy atom. The summed E-state index contributed by atoms with van der Waals surface area (Å²) < 4.78 is 17.3. The van der Waals surface area contributed by atoms with Gasteiger partial charge in [-0.05, 0) is 57.2 Å². The van der Waals surface area contributed by atoms with E-state index in [1.54, 1.807) is 7.05 Å². The number of ether oxygens (including phenoxy) is 3. The predicted octanol–water partition coefficient (Wildman–Crippen LogP) is 3.02. The molecular formula is C20H22BrN3O3. The van der Waals surface area contributed by atoms with Crippen molar-refractivity contribution in [3.05, 3.63) is 51.5 Å². The predicted molar refractivity (Wildman–Crippen MR) is 108 cm³/mol. The van der Waals surface area contributed by atoms with E-state index in [4.69, 9.17) is 14.2 Å². The highest BCUT2D eigenvalue weighted by atomic mass is 79.9. The molecular weight excluding hydrogens is 410 g/mol. The Balaban J connectivity index is 1.28. The topological polar surface area (TPSA) is 64.1 Å². The molecule has 0 bridgehead atoms. The lowest BCUT2D eigenvalue weighted by Crippen LogP contribution is -2.37. The van der Waals surface area contributed by atoms with Crippen molar-refractivity contribution < 1.29 is 14.2 Å². The van der Waals surface area contributed by atoms with Gasteiger partial charge in [0.25, 0.3) is 0 Å². The van der Waals surface area contributed by atoms with Crippen molar-refractivity contribution in [3.63, 3.8) is 0 Å². The van der Waals surface area contributed by atoms with E-state index in [1.165, 1.54) is 11.1 Å². The lowest BCUT2D eigenvalue weighted by Gasteiger charge is -2.13. The van der Waals surface area contributed by atoms with Gasteiger partial charge in [0.05, 0.1) is 11.1 Å². The van der Waals surface area contributed by atoms with Crippen LogP contribution in [0.2, 0.25) is 0 Å². The minimum atomic E-state index is 0.267. The normalized spacial score (nSPS) is 14.7. The highest BCUT2D eigenvalue weighted by molar-refractivity contribution is 9.10. The van der Waals surface area contributed by atoms with Crippen LogP contribution in [0.5, 0.6) is 17.2 Å². The zero-order valence-corrected chi connectivity index (χ0v) is 16.8. The SMILES string of the molecule is CN=C(NCCc1ccc2c(c1)CCO2)NCc1cc(Br)c2c(c1)OCO2. The van der Waals surface area contributed by atoms with Crippen LogP contribution in [-0.4, -0.2) is 33.0 Å². The molecule has 4 rings (SSSR count). The number of hydrogen-bond donors (Lipinski definition) is 2. The van der Waals surface area contributed by atoms with Gasteiger partial charge in [0.2, 0.25) is 6.79 Å². The molecule has 6 nitrogen and oxygen atoms in total. The molecule has 0 aliphatic carbocycles. The van der Waals surface area contributed by atoms with Crippen molar-refractivity contribution in [3.8, 4) is 17.2 Å². The molecule has 0 radical (unpaired) electrons. The fraction of sp³-hybridized carbons (Fsp3) is 0.350. The van der Waals surface area contributed by atoms with Crippen LogP contribution in [0, 0.1) is 0 Å². The van der Waals surface area contributed by atoms with Gasteiger partial charge in [-0.3, -0.25) is 4.99 Å². The van der Waals surface area contributed by atoms with Crippen molar-refractivity contribution >= 4 is 21.9 Å². The monoisotopic (exact) mass is 431 g/mol. The van der Waals surface area contributed by atoms with Crippen molar-refractivity contribution in [2.45, 2.75) is 19.4 Å². The molecule has 0 spiro atoms. The molecule has 7 heteroatoms. The summed E-state index contributed by atoms with van der Waals surface area (Å²) in [6.07, 6.45) is 1.94. The molecule has 2 N–H and O–H groups in total. The Kier molecular flexibility index (Phi) is 5.38. The molecule has 2 aliphatic rings. The minimum Gasteiger partial charge on any atom is -0.493 e. The first-order chi connectivity index (χ1) is 13.2. The number of nitrogens with zero attached hydrogens (tertiary/aromatic N) is 1. The Morgan fingerprint density at radius 1 is 1.07 bits per heavy atom. The Hall–Kier alpha value is -2.41. The minimum absolute atomic E-state index is 0.267. The van der Waals surface area contributed by atoms with Crippen molar-refractivity contribution in [1.82, 2.24) is 10.6 Å². The maximum Gasteiger partial charge on any atom is 0.231 e. The fourth-order valence-corrected chi connectivity index (χ4v) is 3.85. The van der Waals surface area contributed by atoms with Gasteiger partial charge in [0, 0.05) is 26.6 Å². The second kappa shape index (κ2) is 8.08. The van der Waals surface area contributed by atoms with Crippen LogP contribution in [0.25, 0.3) is 0 Å². The van der Waals surface area contributed by atoms with Crippen molar-refractivity contribution in [2.24, 2.45) is 4.99 Å². The van der Waals surface area contributed by atoms with Gasteiger partial charge in [0.1, 0.15) is 5.75 Å². The first-order valence-electron chi connectivity index (χ1n) is 9.00. The molecule has 2 aromatic carbocycles. The summed E-state index contributed by atoms with van der Waals surface area (Å²) in [5, 5.41) is 6.70. The molecule has 0 saturated carbocycles. The van der Waals surface area contributed by atoms with Gasteiger partial charge in [-0.2, -0.15) is 0 Å². The maximum absolute atomic E-state index is 5.56. The van der Waals surface area contributed by atoms with Crippen LogP contribution in [0.4, 0.5) is 0 Å². The largest absolute Gasteiger partial charge is 0.493 e. The highest BCUT2D eigenvalue weighted by Gasteiger charge is 2.18. The molecule has 0 unspecified atom stereocenters. The number of nitrogens with one attached hydrogen (secondary N) is 2. The number of benzene rings is 2. The zero-order chi connectivity index (χ0) is 18.6. The number of rotatable bonds is 5. The summed E-state index contributed by atoms with van der Waals surface area (Å²) in [7, 11) is 1.78. The van der Waals surface area contributed by atoms with E-state index in [0.717, 1.165) is 59.2 Å². The molecule has 0 aromatic heterocycles. The number of guanidine groups is 1. The third-order valence-corrected chi connectivity index (χ3v) is 5.22. The second-order valence-electron chi connectivity index (χ2n) is 6.45. The van der Waals surface area contributed by atoms with E-state index < -0.39 is 0 Å². The molecule has 2 aromatic rings. The van der Waals surface area contributed by atoms with Gasteiger partial charge in [0.15, 0.2) is 17.5 Å². The lowest BCUT2D eigenvalue weighted by molar-refractivity contribution is 0.173. The highest BCUT2D eigenvalue weighted by Crippen LogP contribution is 2.39. The number of aliphatic imine (C=N–C) groups is 1. The smallest absolute Gasteiger partial charge is 0.231 e. The third kappa shape index (κ3) is 4.13. The molecule has 0 saturated heterocycles.